The third kappa shape index (κ3) is 3.57. The van der Waals surface area contributed by atoms with Gasteiger partial charge < -0.3 is 23.9 Å². The van der Waals surface area contributed by atoms with Crippen LogP contribution in [0.25, 0.3) is 0 Å². The van der Waals surface area contributed by atoms with Crippen LogP contribution in [0.2, 0.25) is 0 Å². The van der Waals surface area contributed by atoms with E-state index in [4.69, 9.17) is 21.4 Å². The average molecular weight is 431 g/mol. The van der Waals surface area contributed by atoms with E-state index in [0.29, 0.717) is 11.7 Å². The van der Waals surface area contributed by atoms with Gasteiger partial charge in [0.05, 0.1) is 37.3 Å². The van der Waals surface area contributed by atoms with Crippen molar-refractivity contribution in [3.8, 4) is 5.75 Å². The van der Waals surface area contributed by atoms with Crippen molar-refractivity contribution >= 4 is 23.0 Å². The molecule has 2 atom stereocenters. The zero-order valence-electron chi connectivity index (χ0n) is 17.0. The Morgan fingerprint density at radius 3 is 2.71 bits per heavy atom. The van der Waals surface area contributed by atoms with Gasteiger partial charge in [0.25, 0.3) is 0 Å². The number of pyridine rings is 1. The fourth-order valence-corrected chi connectivity index (χ4v) is 4.49. The maximum absolute atomic E-state index is 5.82. The van der Waals surface area contributed by atoms with Crippen LogP contribution < -0.4 is 15.0 Å². The molecule has 6 nitrogen and oxygen atoms in total. The second-order valence-corrected chi connectivity index (χ2v) is 7.70. The Hall–Kier alpha value is -3.58. The van der Waals surface area contributed by atoms with Crippen LogP contribution in [-0.2, 0) is 6.54 Å². The lowest BCUT2D eigenvalue weighted by atomic mass is 10.0. The van der Waals surface area contributed by atoms with Crippen molar-refractivity contribution in [2.75, 3.05) is 12.0 Å². The lowest BCUT2D eigenvalue weighted by molar-refractivity contribution is 0.413. The monoisotopic (exact) mass is 430 g/mol. The third-order valence-electron chi connectivity index (χ3n) is 5.52. The lowest BCUT2D eigenvalue weighted by Gasteiger charge is -2.29. The van der Waals surface area contributed by atoms with Gasteiger partial charge in [-0.2, -0.15) is 0 Å². The minimum Gasteiger partial charge on any atom is -0.495 e. The first-order chi connectivity index (χ1) is 15.3. The van der Waals surface area contributed by atoms with E-state index >= 15 is 0 Å². The van der Waals surface area contributed by atoms with Gasteiger partial charge in [-0.25, -0.2) is 0 Å². The molecule has 1 saturated heterocycles. The molecule has 0 amide bonds. The summed E-state index contributed by atoms with van der Waals surface area (Å²) in [5, 5.41) is 4.13. The van der Waals surface area contributed by atoms with E-state index in [1.54, 1.807) is 13.4 Å². The maximum atomic E-state index is 5.82. The van der Waals surface area contributed by atoms with Crippen molar-refractivity contribution in [1.82, 2.24) is 14.9 Å². The van der Waals surface area contributed by atoms with Crippen LogP contribution in [-0.4, -0.2) is 21.8 Å². The molecule has 4 aromatic rings. The van der Waals surface area contributed by atoms with Crippen LogP contribution >= 0.6 is 12.2 Å². The van der Waals surface area contributed by atoms with E-state index in [9.17, 15) is 0 Å². The Kier molecular flexibility index (Phi) is 5.18. The average Bonchev–Trinajstić information content (AvgIpc) is 3.55. The summed E-state index contributed by atoms with van der Waals surface area (Å²) < 4.78 is 13.5. The van der Waals surface area contributed by atoms with Crippen LogP contribution in [0, 0.1) is 0 Å². The standard InChI is InChI=1S/C24H22N4O2S/c1-29-21-12-3-2-10-19(21)28-23(22(26-24(28)31)18-9-4-5-13-25-18)20-11-6-14-27(20)16-17-8-7-15-30-17/h2-15,22-23H,16H2,1H3,(H,26,31). The van der Waals surface area contributed by atoms with Crippen molar-refractivity contribution in [3.63, 3.8) is 0 Å². The van der Waals surface area contributed by atoms with Gasteiger partial charge in [0.2, 0.25) is 0 Å². The maximum Gasteiger partial charge on any atom is 0.174 e. The predicted molar refractivity (Wildman–Crippen MR) is 123 cm³/mol. The molecule has 2 unspecified atom stereocenters. The number of ether oxygens (including phenoxy) is 1. The summed E-state index contributed by atoms with van der Waals surface area (Å²) in [7, 11) is 1.68. The molecule has 0 spiro atoms. The van der Waals surface area contributed by atoms with Crippen LogP contribution in [0.4, 0.5) is 5.69 Å². The number of hydrogen-bond donors (Lipinski definition) is 1. The highest BCUT2D eigenvalue weighted by Gasteiger charge is 2.42. The summed E-state index contributed by atoms with van der Waals surface area (Å²) in [6, 6.07) is 21.7. The van der Waals surface area contributed by atoms with Gasteiger partial charge in [-0.05, 0) is 60.7 Å². The second-order valence-electron chi connectivity index (χ2n) is 7.31. The number of benzene rings is 1. The van der Waals surface area contributed by atoms with E-state index in [1.165, 1.54) is 0 Å². The smallest absolute Gasteiger partial charge is 0.174 e. The molecular weight excluding hydrogens is 408 g/mol. The van der Waals surface area contributed by atoms with Gasteiger partial charge in [-0.15, -0.1) is 0 Å². The molecule has 0 radical (unpaired) electrons. The fourth-order valence-electron chi connectivity index (χ4n) is 4.15. The summed E-state index contributed by atoms with van der Waals surface area (Å²) in [6.07, 6.45) is 5.57. The van der Waals surface area contributed by atoms with Gasteiger partial charge in [0.1, 0.15) is 17.6 Å². The topological polar surface area (TPSA) is 55.5 Å². The van der Waals surface area contributed by atoms with E-state index in [2.05, 4.69) is 38.1 Å². The normalized spacial score (nSPS) is 18.2. The molecule has 5 rings (SSSR count). The number of para-hydroxylation sites is 2. The molecule has 31 heavy (non-hydrogen) atoms. The lowest BCUT2D eigenvalue weighted by Crippen LogP contribution is -2.30. The van der Waals surface area contributed by atoms with Gasteiger partial charge in [-0.1, -0.05) is 18.2 Å². The van der Waals surface area contributed by atoms with Crippen LogP contribution in [0.1, 0.15) is 29.2 Å². The van der Waals surface area contributed by atoms with Gasteiger partial charge >= 0.3 is 0 Å². The van der Waals surface area contributed by atoms with Crippen molar-refractivity contribution < 1.29 is 9.15 Å². The Labute approximate surface area is 186 Å². The first-order valence-electron chi connectivity index (χ1n) is 10.1. The number of hydrogen-bond acceptors (Lipinski definition) is 4. The molecule has 1 aliphatic heterocycles. The molecule has 156 valence electrons. The molecule has 0 saturated carbocycles. The molecule has 0 aliphatic carbocycles. The highest BCUT2D eigenvalue weighted by Crippen LogP contribution is 2.44. The largest absolute Gasteiger partial charge is 0.495 e. The van der Waals surface area contributed by atoms with Crippen LogP contribution in [0.5, 0.6) is 5.75 Å². The Balaban J connectivity index is 1.63. The summed E-state index contributed by atoms with van der Waals surface area (Å²) in [4.78, 5) is 6.75. The first-order valence-corrected chi connectivity index (χ1v) is 10.5. The number of thiocarbonyl (C=S) groups is 1. The summed E-state index contributed by atoms with van der Waals surface area (Å²) in [6.45, 7) is 0.632. The quantitative estimate of drug-likeness (QED) is 0.447. The first kappa shape index (κ1) is 19.4. The number of nitrogens with zero attached hydrogens (tertiary/aromatic N) is 3. The highest BCUT2D eigenvalue weighted by molar-refractivity contribution is 7.80. The number of aromatic nitrogens is 2. The van der Waals surface area contributed by atoms with Crippen molar-refractivity contribution in [2.24, 2.45) is 0 Å². The Morgan fingerprint density at radius 2 is 1.94 bits per heavy atom. The fraction of sp³-hybridized carbons (Fsp3) is 0.167. The molecule has 4 heterocycles. The van der Waals surface area contributed by atoms with Gasteiger partial charge in [-0.3, -0.25) is 4.98 Å². The molecule has 1 N–H and O–H groups in total. The molecule has 1 fully saturated rings. The zero-order valence-corrected chi connectivity index (χ0v) is 17.8. The second kappa shape index (κ2) is 8.28. The summed E-state index contributed by atoms with van der Waals surface area (Å²) >= 11 is 5.82. The predicted octanol–water partition coefficient (Wildman–Crippen LogP) is 4.71. The number of nitrogens with one attached hydrogen (secondary N) is 1. The van der Waals surface area contributed by atoms with Crippen molar-refractivity contribution in [3.05, 3.63) is 103 Å². The van der Waals surface area contributed by atoms with E-state index in [0.717, 1.165) is 28.6 Å². The highest BCUT2D eigenvalue weighted by atomic mass is 32.1. The summed E-state index contributed by atoms with van der Waals surface area (Å²) in [5.41, 5.74) is 2.94. The zero-order chi connectivity index (χ0) is 21.2. The summed E-state index contributed by atoms with van der Waals surface area (Å²) in [5.74, 6) is 1.66. The molecule has 3 aromatic heterocycles. The van der Waals surface area contributed by atoms with Gasteiger partial charge in [0, 0.05) is 18.1 Å². The molecule has 1 aromatic carbocycles. The van der Waals surface area contributed by atoms with Crippen LogP contribution in [0.15, 0.2) is 89.8 Å². The van der Waals surface area contributed by atoms with Crippen molar-refractivity contribution in [2.45, 2.75) is 18.6 Å². The Morgan fingerprint density at radius 1 is 1.06 bits per heavy atom. The number of rotatable bonds is 6. The minimum absolute atomic E-state index is 0.121. The number of furan rings is 1. The van der Waals surface area contributed by atoms with Gasteiger partial charge in [0.15, 0.2) is 5.11 Å². The SMILES string of the molecule is COc1ccccc1N1C(=S)NC(c2ccccn2)C1c1cccn1Cc1ccco1. The number of anilines is 1. The van der Waals surface area contributed by atoms with Crippen LogP contribution in [0.3, 0.4) is 0 Å². The number of methoxy groups -OCH3 is 1. The minimum atomic E-state index is -0.122. The third-order valence-corrected chi connectivity index (χ3v) is 5.83. The van der Waals surface area contributed by atoms with Crippen molar-refractivity contribution in [1.29, 1.82) is 0 Å². The van der Waals surface area contributed by atoms with E-state index in [1.807, 2.05) is 60.8 Å². The Bertz CT molecular complexity index is 1170. The van der Waals surface area contributed by atoms with E-state index < -0.39 is 0 Å². The molecule has 1 aliphatic rings. The molecule has 0 bridgehead atoms. The van der Waals surface area contributed by atoms with E-state index in [-0.39, 0.29) is 12.1 Å². The molecule has 7 heteroatoms. The molecular formula is C24H22N4O2S.